The van der Waals surface area contributed by atoms with Crippen LogP contribution in [-0.4, -0.2) is 27.8 Å². The third-order valence-electron chi connectivity index (χ3n) is 3.87. The molecule has 2 aromatic rings. The van der Waals surface area contributed by atoms with Gasteiger partial charge in [-0.3, -0.25) is 4.79 Å². The maximum atomic E-state index is 12.4. The Morgan fingerprint density at radius 3 is 3.14 bits per heavy atom. The molecule has 1 atom stereocenters. The molecule has 0 aliphatic carbocycles. The predicted molar refractivity (Wildman–Crippen MR) is 81.4 cm³/mol. The van der Waals surface area contributed by atoms with Crippen LogP contribution < -0.4 is 5.32 Å². The monoisotopic (exact) mass is 300 g/mol. The highest BCUT2D eigenvalue weighted by atomic mass is 16.5. The van der Waals surface area contributed by atoms with Gasteiger partial charge in [-0.25, -0.2) is 0 Å². The van der Waals surface area contributed by atoms with Gasteiger partial charge in [-0.1, -0.05) is 12.1 Å². The largest absolute Gasteiger partial charge is 0.380 e. The number of fused-ring (bicyclic) bond motifs is 1. The van der Waals surface area contributed by atoms with Gasteiger partial charge in [-0.15, -0.1) is 10.2 Å². The third-order valence-corrected chi connectivity index (χ3v) is 3.87. The van der Waals surface area contributed by atoms with E-state index in [9.17, 15) is 4.79 Å². The molecule has 6 nitrogen and oxygen atoms in total. The molecular formula is C16H20N4O2. The first-order valence-electron chi connectivity index (χ1n) is 7.49. The first-order chi connectivity index (χ1) is 10.7. The molecule has 3 rings (SSSR count). The second-order valence-corrected chi connectivity index (χ2v) is 5.56. The van der Waals surface area contributed by atoms with Crippen molar-refractivity contribution in [3.8, 4) is 0 Å². The lowest BCUT2D eigenvalue weighted by Crippen LogP contribution is -2.28. The van der Waals surface area contributed by atoms with Gasteiger partial charge in [0.05, 0.1) is 12.6 Å². The van der Waals surface area contributed by atoms with Crippen molar-refractivity contribution in [1.82, 2.24) is 20.1 Å². The summed E-state index contributed by atoms with van der Waals surface area (Å²) in [5.41, 5.74) is 1.61. The van der Waals surface area contributed by atoms with Crippen LogP contribution in [0.15, 0.2) is 24.3 Å². The number of carbonyl (C=O) groups is 1. The number of carbonyl (C=O) groups excluding carboxylic acids is 1. The topological polar surface area (TPSA) is 69.0 Å². The minimum Gasteiger partial charge on any atom is -0.380 e. The van der Waals surface area contributed by atoms with E-state index in [1.165, 1.54) is 0 Å². The summed E-state index contributed by atoms with van der Waals surface area (Å²) < 4.78 is 7.20. The molecule has 1 aromatic heterocycles. The van der Waals surface area contributed by atoms with Gasteiger partial charge in [0.25, 0.3) is 5.91 Å². The third kappa shape index (κ3) is 2.87. The number of ether oxygens (including phenoxy) is 1. The Morgan fingerprint density at radius 2 is 2.32 bits per heavy atom. The molecule has 1 aliphatic rings. The SMILES string of the molecule is COCc1cccc(C(=O)N[C@@H](C)c2nnc3n2CCC3)c1. The summed E-state index contributed by atoms with van der Waals surface area (Å²) in [7, 11) is 1.64. The molecule has 1 N–H and O–H groups in total. The van der Waals surface area contributed by atoms with Gasteiger partial charge in [0.15, 0.2) is 5.82 Å². The molecule has 6 heteroatoms. The van der Waals surface area contributed by atoms with E-state index in [1.807, 2.05) is 25.1 Å². The van der Waals surface area contributed by atoms with E-state index in [4.69, 9.17) is 4.74 Å². The summed E-state index contributed by atoms with van der Waals surface area (Å²) in [5.74, 6) is 1.73. The first kappa shape index (κ1) is 14.7. The lowest BCUT2D eigenvalue weighted by molar-refractivity contribution is 0.0937. The zero-order chi connectivity index (χ0) is 15.5. The molecule has 1 amide bonds. The smallest absolute Gasteiger partial charge is 0.251 e. The lowest BCUT2D eigenvalue weighted by Gasteiger charge is -2.14. The number of aryl methyl sites for hydroxylation is 1. The minimum atomic E-state index is -0.169. The number of rotatable bonds is 5. The number of amides is 1. The summed E-state index contributed by atoms with van der Waals surface area (Å²) in [5, 5.41) is 11.4. The number of benzene rings is 1. The lowest BCUT2D eigenvalue weighted by atomic mass is 10.1. The molecule has 116 valence electrons. The van der Waals surface area contributed by atoms with E-state index >= 15 is 0 Å². The van der Waals surface area contributed by atoms with Crippen LogP contribution in [0.25, 0.3) is 0 Å². The van der Waals surface area contributed by atoms with Crippen molar-refractivity contribution in [3.63, 3.8) is 0 Å². The highest BCUT2D eigenvalue weighted by Gasteiger charge is 2.22. The van der Waals surface area contributed by atoms with Crippen molar-refractivity contribution >= 4 is 5.91 Å². The van der Waals surface area contributed by atoms with E-state index in [0.717, 1.165) is 36.6 Å². The highest BCUT2D eigenvalue weighted by molar-refractivity contribution is 5.94. The van der Waals surface area contributed by atoms with Crippen LogP contribution in [0.4, 0.5) is 0 Å². The average Bonchev–Trinajstić information content (AvgIpc) is 3.10. The minimum absolute atomic E-state index is 0.110. The summed E-state index contributed by atoms with van der Waals surface area (Å²) in [4.78, 5) is 12.4. The molecule has 0 fully saturated rings. The number of methoxy groups -OCH3 is 1. The van der Waals surface area contributed by atoms with Crippen molar-refractivity contribution in [2.75, 3.05) is 7.11 Å². The Balaban J connectivity index is 1.72. The Hall–Kier alpha value is -2.21. The molecule has 0 spiro atoms. The zero-order valence-electron chi connectivity index (χ0n) is 12.9. The van der Waals surface area contributed by atoms with Crippen molar-refractivity contribution in [2.45, 2.75) is 39.0 Å². The maximum absolute atomic E-state index is 12.4. The molecule has 1 aliphatic heterocycles. The fourth-order valence-corrected chi connectivity index (χ4v) is 2.81. The molecule has 0 saturated heterocycles. The van der Waals surface area contributed by atoms with Crippen molar-refractivity contribution in [2.24, 2.45) is 0 Å². The molecule has 2 heterocycles. The molecule has 22 heavy (non-hydrogen) atoms. The van der Waals surface area contributed by atoms with Crippen LogP contribution in [0.2, 0.25) is 0 Å². The van der Waals surface area contributed by atoms with Gasteiger partial charge >= 0.3 is 0 Å². The average molecular weight is 300 g/mol. The highest BCUT2D eigenvalue weighted by Crippen LogP contribution is 2.19. The molecular weight excluding hydrogens is 280 g/mol. The standard InChI is InChI=1S/C16H20N4O2/c1-11(15-19-18-14-7-4-8-20(14)15)17-16(21)13-6-3-5-12(9-13)10-22-2/h3,5-6,9,11H,4,7-8,10H2,1-2H3,(H,17,21)/t11-/m0/s1. The maximum Gasteiger partial charge on any atom is 0.251 e. The van der Waals surface area contributed by atoms with Gasteiger partial charge in [-0.2, -0.15) is 0 Å². The van der Waals surface area contributed by atoms with Crippen molar-refractivity contribution in [3.05, 3.63) is 47.0 Å². The molecule has 0 saturated carbocycles. The van der Waals surface area contributed by atoms with Gasteiger partial charge in [0.2, 0.25) is 0 Å². The summed E-state index contributed by atoms with van der Waals surface area (Å²) in [6, 6.07) is 7.28. The molecule has 0 bridgehead atoms. The fraction of sp³-hybridized carbons (Fsp3) is 0.438. The number of aromatic nitrogens is 3. The summed E-state index contributed by atoms with van der Waals surface area (Å²) in [6.45, 7) is 3.36. The Labute approximate surface area is 129 Å². The number of nitrogens with zero attached hydrogens (tertiary/aromatic N) is 3. The van der Waals surface area contributed by atoms with E-state index in [2.05, 4.69) is 20.1 Å². The van der Waals surface area contributed by atoms with Crippen LogP contribution in [0.1, 0.15) is 47.0 Å². The van der Waals surface area contributed by atoms with E-state index in [-0.39, 0.29) is 11.9 Å². The van der Waals surface area contributed by atoms with Crippen LogP contribution >= 0.6 is 0 Å². The normalized spacial score (nSPS) is 14.6. The molecule has 1 aromatic carbocycles. The fourth-order valence-electron chi connectivity index (χ4n) is 2.81. The Morgan fingerprint density at radius 1 is 1.45 bits per heavy atom. The second kappa shape index (κ2) is 6.27. The second-order valence-electron chi connectivity index (χ2n) is 5.56. The quantitative estimate of drug-likeness (QED) is 0.915. The number of hydrogen-bond acceptors (Lipinski definition) is 4. The van der Waals surface area contributed by atoms with Crippen molar-refractivity contribution < 1.29 is 9.53 Å². The van der Waals surface area contributed by atoms with Crippen molar-refractivity contribution in [1.29, 1.82) is 0 Å². The number of nitrogens with one attached hydrogen (secondary N) is 1. The van der Waals surface area contributed by atoms with Crippen LogP contribution in [-0.2, 0) is 24.3 Å². The zero-order valence-corrected chi connectivity index (χ0v) is 12.9. The van der Waals surface area contributed by atoms with E-state index in [0.29, 0.717) is 12.2 Å². The van der Waals surface area contributed by atoms with Gasteiger partial charge in [0, 0.05) is 25.6 Å². The van der Waals surface area contributed by atoms with E-state index < -0.39 is 0 Å². The predicted octanol–water partition coefficient (Wildman–Crippen LogP) is 1.86. The van der Waals surface area contributed by atoms with Gasteiger partial charge in [0.1, 0.15) is 5.82 Å². The Bertz CT molecular complexity index is 681. The van der Waals surface area contributed by atoms with Crippen LogP contribution in [0.5, 0.6) is 0 Å². The Kier molecular flexibility index (Phi) is 4.20. The van der Waals surface area contributed by atoms with Gasteiger partial charge < -0.3 is 14.6 Å². The summed E-state index contributed by atoms with van der Waals surface area (Å²) >= 11 is 0. The van der Waals surface area contributed by atoms with Gasteiger partial charge in [-0.05, 0) is 31.0 Å². The van der Waals surface area contributed by atoms with Crippen LogP contribution in [0, 0.1) is 0 Å². The number of hydrogen-bond donors (Lipinski definition) is 1. The molecule has 0 unspecified atom stereocenters. The van der Waals surface area contributed by atoms with Crippen LogP contribution in [0.3, 0.4) is 0 Å². The van der Waals surface area contributed by atoms with E-state index in [1.54, 1.807) is 13.2 Å². The first-order valence-corrected chi connectivity index (χ1v) is 7.49. The summed E-state index contributed by atoms with van der Waals surface area (Å²) in [6.07, 6.45) is 2.06. The molecule has 0 radical (unpaired) electrons.